The van der Waals surface area contributed by atoms with Gasteiger partial charge in [-0.25, -0.2) is 4.79 Å². The lowest BCUT2D eigenvalue weighted by atomic mass is 10.1. The van der Waals surface area contributed by atoms with Crippen LogP contribution in [0.15, 0.2) is 48.5 Å². The molecule has 2 aromatic carbocycles. The van der Waals surface area contributed by atoms with Gasteiger partial charge in [-0.1, -0.05) is 77.6 Å². The van der Waals surface area contributed by atoms with Crippen molar-refractivity contribution in [1.82, 2.24) is 0 Å². The van der Waals surface area contributed by atoms with Gasteiger partial charge in [0.1, 0.15) is 17.2 Å². The summed E-state index contributed by atoms with van der Waals surface area (Å²) in [5.41, 5.74) is 0.652. The standard InChI is InChI=1S/C27H39NO4/c1-2-3-4-5-6-7-8-9-10-11-12-13-22-28(27(30)31)23-14-18-25(19-15-23)32-26-20-16-24(29)17-21-26/h14-21,29H,2-13,22H2,1H3,(H,30,31). The molecule has 0 spiro atoms. The van der Waals surface area contributed by atoms with Gasteiger partial charge < -0.3 is 14.9 Å². The second-order valence-corrected chi connectivity index (χ2v) is 8.41. The van der Waals surface area contributed by atoms with Crippen LogP contribution in [0, 0.1) is 0 Å². The maximum Gasteiger partial charge on any atom is 0.411 e. The van der Waals surface area contributed by atoms with Crippen molar-refractivity contribution in [2.75, 3.05) is 11.4 Å². The van der Waals surface area contributed by atoms with Crippen molar-refractivity contribution in [3.63, 3.8) is 0 Å². The number of phenolic OH excluding ortho intramolecular Hbond substituents is 1. The van der Waals surface area contributed by atoms with E-state index in [-0.39, 0.29) is 5.75 Å². The minimum atomic E-state index is -0.930. The summed E-state index contributed by atoms with van der Waals surface area (Å²) < 4.78 is 5.73. The largest absolute Gasteiger partial charge is 0.508 e. The molecule has 0 aliphatic heterocycles. The van der Waals surface area contributed by atoms with Crippen LogP contribution in [-0.4, -0.2) is 22.9 Å². The van der Waals surface area contributed by atoms with Gasteiger partial charge in [0.25, 0.3) is 0 Å². The number of carbonyl (C=O) groups is 1. The lowest BCUT2D eigenvalue weighted by molar-refractivity contribution is 0.201. The number of aromatic hydroxyl groups is 1. The summed E-state index contributed by atoms with van der Waals surface area (Å²) >= 11 is 0. The first-order valence-electron chi connectivity index (χ1n) is 12.2. The van der Waals surface area contributed by atoms with Crippen molar-refractivity contribution in [2.24, 2.45) is 0 Å². The Balaban J connectivity index is 1.64. The molecule has 0 atom stereocenters. The number of phenols is 1. The van der Waals surface area contributed by atoms with Crippen LogP contribution in [0.25, 0.3) is 0 Å². The lowest BCUT2D eigenvalue weighted by Crippen LogP contribution is -2.30. The number of ether oxygens (including phenoxy) is 1. The van der Waals surface area contributed by atoms with E-state index >= 15 is 0 Å². The van der Waals surface area contributed by atoms with Crippen LogP contribution in [0.5, 0.6) is 17.2 Å². The number of anilines is 1. The van der Waals surface area contributed by atoms with Gasteiger partial charge in [-0.2, -0.15) is 0 Å². The zero-order valence-electron chi connectivity index (χ0n) is 19.5. The van der Waals surface area contributed by atoms with Gasteiger partial charge in [0, 0.05) is 12.2 Å². The molecule has 5 heteroatoms. The molecule has 0 radical (unpaired) electrons. The molecule has 1 amide bonds. The van der Waals surface area contributed by atoms with E-state index in [0.29, 0.717) is 23.7 Å². The molecule has 0 aliphatic carbocycles. The van der Waals surface area contributed by atoms with E-state index in [1.54, 1.807) is 48.5 Å². The van der Waals surface area contributed by atoms with Crippen molar-refractivity contribution in [3.8, 4) is 17.2 Å². The van der Waals surface area contributed by atoms with Gasteiger partial charge in [0.2, 0.25) is 0 Å². The SMILES string of the molecule is CCCCCCCCCCCCCCN(C(=O)O)c1ccc(Oc2ccc(O)cc2)cc1. The summed E-state index contributed by atoms with van der Waals surface area (Å²) in [7, 11) is 0. The molecule has 0 heterocycles. The monoisotopic (exact) mass is 441 g/mol. The molecule has 2 N–H and O–H groups in total. The zero-order valence-corrected chi connectivity index (χ0v) is 19.5. The van der Waals surface area contributed by atoms with Gasteiger partial charge in [0.15, 0.2) is 0 Å². The number of hydrogen-bond donors (Lipinski definition) is 2. The van der Waals surface area contributed by atoms with Crippen LogP contribution in [-0.2, 0) is 0 Å². The summed E-state index contributed by atoms with van der Waals surface area (Å²) in [6, 6.07) is 13.5. The second kappa shape index (κ2) is 15.2. The molecular weight excluding hydrogens is 402 g/mol. The number of rotatable bonds is 16. The zero-order chi connectivity index (χ0) is 23.0. The maximum atomic E-state index is 11.7. The van der Waals surface area contributed by atoms with E-state index in [1.807, 2.05) is 0 Å². The Bertz CT molecular complexity index is 758. The minimum absolute atomic E-state index is 0.183. The van der Waals surface area contributed by atoms with Crippen molar-refractivity contribution in [3.05, 3.63) is 48.5 Å². The maximum absolute atomic E-state index is 11.7. The van der Waals surface area contributed by atoms with Crippen LogP contribution < -0.4 is 9.64 Å². The predicted octanol–water partition coefficient (Wildman–Crippen LogP) is 8.37. The smallest absolute Gasteiger partial charge is 0.411 e. The van der Waals surface area contributed by atoms with Crippen LogP contribution in [0.1, 0.15) is 84.0 Å². The topological polar surface area (TPSA) is 70.0 Å². The number of carboxylic acid groups (broad SMARTS) is 1. The van der Waals surface area contributed by atoms with Crippen LogP contribution >= 0.6 is 0 Å². The molecule has 32 heavy (non-hydrogen) atoms. The quantitative estimate of drug-likeness (QED) is 0.257. The Morgan fingerprint density at radius 2 is 1.16 bits per heavy atom. The first kappa shape index (κ1) is 25.6. The highest BCUT2D eigenvalue weighted by Crippen LogP contribution is 2.26. The molecule has 2 rings (SSSR count). The van der Waals surface area contributed by atoms with E-state index in [0.717, 1.165) is 12.8 Å². The minimum Gasteiger partial charge on any atom is -0.508 e. The fraction of sp³-hybridized carbons (Fsp3) is 0.519. The molecule has 176 valence electrons. The van der Waals surface area contributed by atoms with E-state index in [1.165, 1.54) is 69.1 Å². The Labute approximate surface area is 193 Å². The highest BCUT2D eigenvalue weighted by atomic mass is 16.5. The fourth-order valence-electron chi connectivity index (χ4n) is 3.79. The van der Waals surface area contributed by atoms with Crippen LogP contribution in [0.4, 0.5) is 10.5 Å². The van der Waals surface area contributed by atoms with Gasteiger partial charge in [-0.15, -0.1) is 0 Å². The summed E-state index contributed by atoms with van der Waals surface area (Å²) in [5.74, 6) is 1.42. The molecule has 0 unspecified atom stereocenters. The molecule has 0 fully saturated rings. The highest BCUT2D eigenvalue weighted by Gasteiger charge is 2.14. The third-order valence-electron chi connectivity index (χ3n) is 5.69. The average Bonchev–Trinajstić information content (AvgIpc) is 2.79. The third-order valence-corrected chi connectivity index (χ3v) is 5.69. The van der Waals surface area contributed by atoms with E-state index in [2.05, 4.69) is 6.92 Å². The van der Waals surface area contributed by atoms with E-state index in [4.69, 9.17) is 4.74 Å². The summed E-state index contributed by atoms with van der Waals surface area (Å²) in [6.45, 7) is 2.76. The van der Waals surface area contributed by atoms with Crippen LogP contribution in [0.3, 0.4) is 0 Å². The summed E-state index contributed by atoms with van der Waals surface area (Å²) in [4.78, 5) is 13.1. The van der Waals surface area contributed by atoms with Crippen LogP contribution in [0.2, 0.25) is 0 Å². The second-order valence-electron chi connectivity index (χ2n) is 8.41. The van der Waals surface area contributed by atoms with Gasteiger partial charge in [0.05, 0.1) is 0 Å². The first-order chi connectivity index (χ1) is 15.6. The van der Waals surface area contributed by atoms with E-state index in [9.17, 15) is 15.0 Å². The van der Waals surface area contributed by atoms with Crippen molar-refractivity contribution in [2.45, 2.75) is 84.0 Å². The molecular formula is C27H39NO4. The highest BCUT2D eigenvalue weighted by molar-refractivity contribution is 5.86. The van der Waals surface area contributed by atoms with E-state index < -0.39 is 6.09 Å². The first-order valence-corrected chi connectivity index (χ1v) is 12.2. The molecule has 2 aromatic rings. The predicted molar refractivity (Wildman–Crippen MR) is 131 cm³/mol. The molecule has 5 nitrogen and oxygen atoms in total. The average molecular weight is 442 g/mol. The number of unbranched alkanes of at least 4 members (excludes halogenated alkanes) is 11. The summed E-state index contributed by atoms with van der Waals surface area (Å²) in [6.07, 6.45) is 14.2. The molecule has 0 saturated heterocycles. The fourth-order valence-corrected chi connectivity index (χ4v) is 3.79. The normalized spacial score (nSPS) is 10.8. The van der Waals surface area contributed by atoms with Crippen molar-refractivity contribution >= 4 is 11.8 Å². The van der Waals surface area contributed by atoms with Gasteiger partial charge in [-0.05, 0) is 55.0 Å². The molecule has 0 bridgehead atoms. The lowest BCUT2D eigenvalue weighted by Gasteiger charge is -2.19. The molecule has 0 saturated carbocycles. The van der Waals surface area contributed by atoms with Gasteiger partial charge in [-0.3, -0.25) is 4.90 Å². The van der Waals surface area contributed by atoms with Crippen molar-refractivity contribution < 1.29 is 19.7 Å². The Morgan fingerprint density at radius 3 is 1.62 bits per heavy atom. The Hall–Kier alpha value is -2.69. The number of amides is 1. The molecule has 0 aliphatic rings. The third kappa shape index (κ3) is 10.1. The number of benzene rings is 2. The number of nitrogens with zero attached hydrogens (tertiary/aromatic N) is 1. The number of hydrogen-bond acceptors (Lipinski definition) is 3. The Kier molecular flexibility index (Phi) is 12.1. The Morgan fingerprint density at radius 1 is 0.719 bits per heavy atom. The summed E-state index contributed by atoms with van der Waals surface area (Å²) in [5, 5.41) is 18.9. The van der Waals surface area contributed by atoms with Gasteiger partial charge >= 0.3 is 6.09 Å². The molecule has 0 aromatic heterocycles. The van der Waals surface area contributed by atoms with Crippen molar-refractivity contribution in [1.29, 1.82) is 0 Å².